The van der Waals surface area contributed by atoms with E-state index < -0.39 is 28.7 Å². The van der Waals surface area contributed by atoms with Crippen molar-refractivity contribution in [3.63, 3.8) is 0 Å². The maximum Gasteiger partial charge on any atom is 0.333 e. The molecule has 2 aromatic rings. The van der Waals surface area contributed by atoms with Gasteiger partial charge in [-0.3, -0.25) is 4.55 Å². The molecular weight excluding hydrogens is 340 g/mol. The predicted octanol–water partition coefficient (Wildman–Crippen LogP) is -0.988. The van der Waals surface area contributed by atoms with Crippen LogP contribution < -0.4 is 10.5 Å². The summed E-state index contributed by atoms with van der Waals surface area (Å²) >= 11 is 0. The summed E-state index contributed by atoms with van der Waals surface area (Å²) in [6.45, 7) is 1.66. The summed E-state index contributed by atoms with van der Waals surface area (Å²) in [5, 5.41) is 15.1. The van der Waals surface area contributed by atoms with Gasteiger partial charge in [-0.1, -0.05) is 6.92 Å². The molecule has 0 spiro atoms. The molecule has 1 saturated heterocycles. The van der Waals surface area contributed by atoms with Crippen LogP contribution in [-0.4, -0.2) is 56.6 Å². The second kappa shape index (κ2) is 6.22. The van der Waals surface area contributed by atoms with Gasteiger partial charge in [-0.25, -0.2) is 14.6 Å². The highest BCUT2D eigenvalue weighted by molar-refractivity contribution is 7.83. The van der Waals surface area contributed by atoms with Gasteiger partial charge in [0, 0.05) is 13.0 Å². The first-order valence-corrected chi connectivity index (χ1v) is 8.77. The van der Waals surface area contributed by atoms with Crippen LogP contribution in [0.15, 0.2) is 6.33 Å². The van der Waals surface area contributed by atoms with Crippen LogP contribution in [0.1, 0.15) is 25.3 Å². The van der Waals surface area contributed by atoms with Gasteiger partial charge in [0.15, 0.2) is 11.9 Å². The molecule has 0 unspecified atom stereocenters. The average Bonchev–Trinajstić information content (AvgIpc) is 3.06. The Morgan fingerprint density at radius 1 is 1.50 bits per heavy atom. The monoisotopic (exact) mass is 358 g/mol. The first kappa shape index (κ1) is 17.0. The highest BCUT2D eigenvalue weighted by Gasteiger charge is 2.37. The van der Waals surface area contributed by atoms with E-state index in [1.807, 2.05) is 11.6 Å². The summed E-state index contributed by atoms with van der Waals surface area (Å²) in [4.78, 5) is 8.15. The maximum absolute atomic E-state index is 10.8. The molecule has 1 aliphatic heterocycles. The zero-order valence-electron chi connectivity index (χ0n) is 12.8. The lowest BCUT2D eigenvalue weighted by atomic mass is 10.2. The Balaban J connectivity index is 1.88. The Morgan fingerprint density at radius 2 is 2.25 bits per heavy atom. The molecule has 3 atom stereocenters. The van der Waals surface area contributed by atoms with E-state index in [4.69, 9.17) is 15.0 Å². The molecule has 12 heteroatoms. The highest BCUT2D eigenvalue weighted by Crippen LogP contribution is 2.32. The fourth-order valence-electron chi connectivity index (χ4n) is 2.75. The third-order valence-electron chi connectivity index (χ3n) is 3.87. The minimum Gasteiger partial charge on any atom is -0.390 e. The van der Waals surface area contributed by atoms with Crippen LogP contribution in [0.25, 0.3) is 11.0 Å². The molecule has 1 aliphatic rings. The fraction of sp³-hybridized carbons (Fsp3) is 0.583. The van der Waals surface area contributed by atoms with Gasteiger partial charge in [-0.15, -0.1) is 0 Å². The van der Waals surface area contributed by atoms with Crippen LogP contribution in [0.2, 0.25) is 0 Å². The molecule has 0 amide bonds. The normalized spacial score (nSPS) is 24.7. The summed E-state index contributed by atoms with van der Waals surface area (Å²) in [6, 6.07) is 0. The minimum atomic E-state index is -4.36. The summed E-state index contributed by atoms with van der Waals surface area (Å²) in [5.74, 6) is 0.311. The van der Waals surface area contributed by atoms with Crippen molar-refractivity contribution in [3.8, 4) is 0 Å². The number of nitrogens with two attached hydrogens (primary N) is 1. The molecule has 0 radical (unpaired) electrons. The molecule has 5 N–H and O–H groups in total. The van der Waals surface area contributed by atoms with Crippen molar-refractivity contribution >= 4 is 27.2 Å². The van der Waals surface area contributed by atoms with E-state index in [0.717, 1.165) is 0 Å². The van der Waals surface area contributed by atoms with Gasteiger partial charge in [0.1, 0.15) is 12.1 Å². The molecule has 24 heavy (non-hydrogen) atoms. The lowest BCUT2D eigenvalue weighted by molar-refractivity contribution is -0.0187. The molecule has 1 fully saturated rings. The van der Waals surface area contributed by atoms with Crippen LogP contribution in [-0.2, 0) is 21.5 Å². The molecule has 3 rings (SSSR count). The van der Waals surface area contributed by atoms with Gasteiger partial charge < -0.3 is 15.6 Å². The number of fused-ring (bicyclic) bond motifs is 1. The van der Waals surface area contributed by atoms with Gasteiger partial charge in [-0.2, -0.15) is 18.2 Å². The smallest absolute Gasteiger partial charge is 0.333 e. The van der Waals surface area contributed by atoms with Crippen molar-refractivity contribution in [2.24, 2.45) is 0 Å². The second-order valence-corrected chi connectivity index (χ2v) is 6.70. The Hall–Kier alpha value is -1.86. The second-order valence-electron chi connectivity index (χ2n) is 5.46. The Kier molecular flexibility index (Phi) is 4.40. The molecular formula is C12H18N6O5S. The number of nitrogen functional groups attached to an aromatic ring is 1. The zero-order valence-corrected chi connectivity index (χ0v) is 13.6. The van der Waals surface area contributed by atoms with Crippen molar-refractivity contribution in [1.29, 1.82) is 0 Å². The van der Waals surface area contributed by atoms with E-state index in [2.05, 4.69) is 15.1 Å². The molecule has 2 aromatic heterocycles. The number of aliphatic hydroxyl groups excluding tert-OH is 1. The summed E-state index contributed by atoms with van der Waals surface area (Å²) in [7, 11) is -4.36. The molecule has 0 saturated carbocycles. The SMILES string of the molecule is CCc1nn([C@H]2C[C@H](O)[C@H](CNS(=O)(=O)O)O2)c2ncnc(N)c12. The van der Waals surface area contributed by atoms with Gasteiger partial charge in [-0.05, 0) is 6.42 Å². The minimum absolute atomic E-state index is 0.196. The number of aromatic nitrogens is 4. The van der Waals surface area contributed by atoms with E-state index in [9.17, 15) is 13.5 Å². The fourth-order valence-corrected chi connectivity index (χ4v) is 3.13. The Bertz CT molecular complexity index is 853. The highest BCUT2D eigenvalue weighted by atomic mass is 32.2. The molecule has 3 heterocycles. The van der Waals surface area contributed by atoms with Gasteiger partial charge >= 0.3 is 10.3 Å². The van der Waals surface area contributed by atoms with Gasteiger partial charge in [0.25, 0.3) is 0 Å². The zero-order chi connectivity index (χ0) is 17.5. The van der Waals surface area contributed by atoms with E-state index >= 15 is 0 Å². The first-order valence-electron chi connectivity index (χ1n) is 7.33. The first-order chi connectivity index (χ1) is 11.3. The van der Waals surface area contributed by atoms with Crippen LogP contribution >= 0.6 is 0 Å². The maximum atomic E-state index is 10.8. The van der Waals surface area contributed by atoms with Crippen molar-refractivity contribution in [2.75, 3.05) is 12.3 Å². The van der Waals surface area contributed by atoms with Crippen LogP contribution in [0.3, 0.4) is 0 Å². The molecule has 132 valence electrons. The lowest BCUT2D eigenvalue weighted by Crippen LogP contribution is -2.36. The standard InChI is InChI=1S/C12H18N6O5S/c1-2-6-10-11(13)14-5-15-12(10)18(17-6)9-3-7(19)8(23-9)4-16-24(20,21)22/h5,7-9,16,19H,2-4H2,1H3,(H2,13,14,15)(H,20,21,22)/t7-,8-,9+/m0/s1. The number of nitrogens with one attached hydrogen (secondary N) is 1. The molecule has 11 nitrogen and oxygen atoms in total. The lowest BCUT2D eigenvalue weighted by Gasteiger charge is -2.15. The number of ether oxygens (including phenoxy) is 1. The van der Waals surface area contributed by atoms with E-state index in [1.165, 1.54) is 11.0 Å². The van der Waals surface area contributed by atoms with Crippen LogP contribution in [0, 0.1) is 0 Å². The van der Waals surface area contributed by atoms with Crippen molar-refractivity contribution in [1.82, 2.24) is 24.5 Å². The van der Waals surface area contributed by atoms with Gasteiger partial charge in [0.05, 0.1) is 23.3 Å². The summed E-state index contributed by atoms with van der Waals surface area (Å²) in [6.07, 6.45) is -0.248. The molecule has 0 bridgehead atoms. The number of aliphatic hydroxyl groups is 1. The Morgan fingerprint density at radius 3 is 2.92 bits per heavy atom. The summed E-state index contributed by atoms with van der Waals surface area (Å²) < 4.78 is 39.3. The van der Waals surface area contributed by atoms with Gasteiger partial charge in [0.2, 0.25) is 0 Å². The Labute approximate surface area is 137 Å². The van der Waals surface area contributed by atoms with Crippen LogP contribution in [0.5, 0.6) is 0 Å². The number of rotatable bonds is 5. The number of hydrogen-bond donors (Lipinski definition) is 4. The van der Waals surface area contributed by atoms with E-state index in [-0.39, 0.29) is 13.0 Å². The van der Waals surface area contributed by atoms with Crippen molar-refractivity contribution < 1.29 is 22.8 Å². The van der Waals surface area contributed by atoms with Crippen molar-refractivity contribution in [3.05, 3.63) is 12.0 Å². The molecule has 0 aliphatic carbocycles. The third-order valence-corrected chi connectivity index (χ3v) is 4.40. The number of aryl methyl sites for hydroxylation is 1. The average molecular weight is 358 g/mol. The quantitative estimate of drug-likeness (QED) is 0.491. The number of anilines is 1. The van der Waals surface area contributed by atoms with Crippen LogP contribution in [0.4, 0.5) is 5.82 Å². The predicted molar refractivity (Wildman–Crippen MR) is 83.2 cm³/mol. The number of hydrogen-bond acceptors (Lipinski definition) is 8. The summed E-state index contributed by atoms with van der Waals surface area (Å²) in [5.41, 5.74) is 7.09. The topological polar surface area (TPSA) is 165 Å². The number of nitrogens with zero attached hydrogens (tertiary/aromatic N) is 4. The van der Waals surface area contributed by atoms with E-state index in [1.54, 1.807) is 0 Å². The largest absolute Gasteiger partial charge is 0.390 e. The van der Waals surface area contributed by atoms with Crippen molar-refractivity contribution in [2.45, 2.75) is 38.2 Å². The third kappa shape index (κ3) is 3.18. The van der Waals surface area contributed by atoms with E-state index in [0.29, 0.717) is 29.0 Å². The molecule has 0 aromatic carbocycles.